The first kappa shape index (κ1) is 11.9. The molecule has 2 rings (SSSR count). The molecule has 0 amide bonds. The number of aromatic hydroxyl groups is 1. The van der Waals surface area contributed by atoms with E-state index in [1.165, 1.54) is 18.2 Å². The number of rotatable bonds is 3. The number of nitro groups is 1. The summed E-state index contributed by atoms with van der Waals surface area (Å²) in [5, 5.41) is 20.1. The van der Waals surface area contributed by atoms with E-state index in [2.05, 4.69) is 0 Å². The van der Waals surface area contributed by atoms with Gasteiger partial charge in [-0.3, -0.25) is 10.1 Å². The topological polar surface area (TPSA) is 72.6 Å². The molecule has 0 saturated carbocycles. The fraction of sp³-hybridized carbons (Fsp3) is 0.0769. The van der Waals surface area contributed by atoms with Gasteiger partial charge in [0.15, 0.2) is 0 Å². The zero-order valence-corrected chi connectivity index (χ0v) is 9.66. The zero-order chi connectivity index (χ0) is 13.1. The van der Waals surface area contributed by atoms with E-state index in [1.54, 1.807) is 31.2 Å². The number of benzene rings is 2. The normalized spacial score (nSPS) is 10.1. The molecule has 0 aliphatic heterocycles. The minimum atomic E-state index is -0.467. The third kappa shape index (κ3) is 2.40. The quantitative estimate of drug-likeness (QED) is 0.664. The number of phenols is 1. The van der Waals surface area contributed by atoms with Crippen molar-refractivity contribution in [1.82, 2.24) is 0 Å². The van der Waals surface area contributed by atoms with Crippen molar-refractivity contribution < 1.29 is 14.8 Å². The Morgan fingerprint density at radius 2 is 1.83 bits per heavy atom. The van der Waals surface area contributed by atoms with Gasteiger partial charge in [-0.2, -0.15) is 0 Å². The van der Waals surface area contributed by atoms with E-state index in [4.69, 9.17) is 9.84 Å². The van der Waals surface area contributed by atoms with Crippen molar-refractivity contribution in [3.63, 3.8) is 0 Å². The lowest BCUT2D eigenvalue weighted by atomic mass is 10.2. The van der Waals surface area contributed by atoms with Gasteiger partial charge < -0.3 is 9.84 Å². The first-order valence-electron chi connectivity index (χ1n) is 5.29. The van der Waals surface area contributed by atoms with Crippen molar-refractivity contribution in [2.24, 2.45) is 0 Å². The lowest BCUT2D eigenvalue weighted by Crippen LogP contribution is -1.95. The van der Waals surface area contributed by atoms with E-state index in [0.717, 1.165) is 0 Å². The highest BCUT2D eigenvalue weighted by atomic mass is 16.6. The van der Waals surface area contributed by atoms with E-state index >= 15 is 0 Å². The van der Waals surface area contributed by atoms with Gasteiger partial charge in [-0.1, -0.05) is 12.1 Å². The predicted molar refractivity (Wildman–Crippen MR) is 66.0 cm³/mol. The highest BCUT2D eigenvalue weighted by Gasteiger charge is 2.18. The van der Waals surface area contributed by atoms with E-state index in [-0.39, 0.29) is 17.2 Å². The second kappa shape index (κ2) is 4.75. The number of hydrogen-bond acceptors (Lipinski definition) is 4. The summed E-state index contributed by atoms with van der Waals surface area (Å²) in [5.74, 6) is 0.730. The van der Waals surface area contributed by atoms with Crippen molar-refractivity contribution in [2.75, 3.05) is 0 Å². The van der Waals surface area contributed by atoms with Crippen LogP contribution in [0.3, 0.4) is 0 Å². The van der Waals surface area contributed by atoms with Crippen molar-refractivity contribution >= 4 is 5.69 Å². The van der Waals surface area contributed by atoms with Gasteiger partial charge in [-0.15, -0.1) is 0 Å². The highest BCUT2D eigenvalue weighted by Crippen LogP contribution is 2.34. The van der Waals surface area contributed by atoms with Crippen LogP contribution in [0.1, 0.15) is 5.56 Å². The first-order valence-corrected chi connectivity index (χ1v) is 5.29. The highest BCUT2D eigenvalue weighted by molar-refractivity contribution is 5.53. The fourth-order valence-electron chi connectivity index (χ4n) is 1.59. The number of ether oxygens (including phenoxy) is 1. The molecule has 0 heterocycles. The number of hydrogen-bond donors (Lipinski definition) is 1. The number of aryl methyl sites for hydroxylation is 1. The van der Waals surface area contributed by atoms with E-state index in [9.17, 15) is 10.1 Å². The molecule has 0 aliphatic carbocycles. The van der Waals surface area contributed by atoms with E-state index < -0.39 is 4.92 Å². The molecule has 0 unspecified atom stereocenters. The Hall–Kier alpha value is -2.56. The van der Waals surface area contributed by atoms with Crippen LogP contribution in [0.4, 0.5) is 5.69 Å². The average molecular weight is 245 g/mol. The first-order chi connectivity index (χ1) is 8.58. The maximum absolute atomic E-state index is 11.0. The number of phenolic OH excluding ortho intramolecular Hbond substituents is 1. The summed E-state index contributed by atoms with van der Waals surface area (Å²) in [6.45, 7) is 1.65. The Kier molecular flexibility index (Phi) is 3.14. The summed E-state index contributed by atoms with van der Waals surface area (Å²) < 4.78 is 5.45. The van der Waals surface area contributed by atoms with Crippen LogP contribution >= 0.6 is 0 Å². The van der Waals surface area contributed by atoms with Gasteiger partial charge in [0.05, 0.1) is 4.92 Å². The lowest BCUT2D eigenvalue weighted by Gasteiger charge is -2.07. The van der Waals surface area contributed by atoms with Gasteiger partial charge >= 0.3 is 5.69 Å². The number of para-hydroxylation sites is 1. The van der Waals surface area contributed by atoms with Crippen molar-refractivity contribution in [3.05, 3.63) is 58.1 Å². The molecule has 0 fully saturated rings. The summed E-state index contributed by atoms with van der Waals surface area (Å²) >= 11 is 0. The molecule has 5 heteroatoms. The molecule has 5 nitrogen and oxygen atoms in total. The predicted octanol–water partition coefficient (Wildman–Crippen LogP) is 3.40. The Morgan fingerprint density at radius 1 is 1.17 bits per heavy atom. The third-order valence-electron chi connectivity index (χ3n) is 2.45. The Balaban J connectivity index is 2.37. The van der Waals surface area contributed by atoms with E-state index in [1.807, 2.05) is 0 Å². The van der Waals surface area contributed by atoms with Gasteiger partial charge in [-0.25, -0.2) is 0 Å². The van der Waals surface area contributed by atoms with Crippen LogP contribution in [0.5, 0.6) is 17.2 Å². The molecule has 0 aromatic heterocycles. The smallest absolute Gasteiger partial charge is 0.314 e. The summed E-state index contributed by atoms with van der Waals surface area (Å²) in [5.41, 5.74) is 0.488. The Morgan fingerprint density at radius 3 is 2.44 bits per heavy atom. The molecular formula is C13H11NO4. The third-order valence-corrected chi connectivity index (χ3v) is 2.45. The van der Waals surface area contributed by atoms with Crippen LogP contribution in [0.25, 0.3) is 0 Å². The van der Waals surface area contributed by atoms with E-state index in [0.29, 0.717) is 11.3 Å². The zero-order valence-electron chi connectivity index (χ0n) is 9.66. The molecule has 0 atom stereocenters. The van der Waals surface area contributed by atoms with Gasteiger partial charge in [0.2, 0.25) is 5.75 Å². The summed E-state index contributed by atoms with van der Waals surface area (Å²) in [4.78, 5) is 10.5. The van der Waals surface area contributed by atoms with Gasteiger partial charge in [0.25, 0.3) is 0 Å². The van der Waals surface area contributed by atoms with Gasteiger partial charge in [0, 0.05) is 5.56 Å². The molecule has 0 bridgehead atoms. The van der Waals surface area contributed by atoms with Crippen LogP contribution in [0.15, 0.2) is 42.5 Å². The molecule has 0 aliphatic rings. The standard InChI is InChI=1S/C13H11NO4/c1-9-3-2-4-12(13(9)14(16)17)18-11-7-5-10(15)6-8-11/h2-8,15H,1H3. The second-order valence-electron chi connectivity index (χ2n) is 3.77. The van der Waals surface area contributed by atoms with Crippen LogP contribution in [-0.4, -0.2) is 10.0 Å². The Labute approximate surface area is 103 Å². The molecule has 0 saturated heterocycles. The Bertz CT molecular complexity index is 578. The largest absolute Gasteiger partial charge is 0.508 e. The minimum absolute atomic E-state index is 0.0504. The molecule has 18 heavy (non-hydrogen) atoms. The van der Waals surface area contributed by atoms with Crippen molar-refractivity contribution in [1.29, 1.82) is 0 Å². The number of nitro benzene ring substituents is 1. The summed E-state index contributed by atoms with van der Waals surface area (Å²) in [6.07, 6.45) is 0. The molecule has 1 N–H and O–H groups in total. The van der Waals surface area contributed by atoms with Gasteiger partial charge in [0.1, 0.15) is 11.5 Å². The second-order valence-corrected chi connectivity index (χ2v) is 3.77. The summed E-state index contributed by atoms with van der Waals surface area (Å²) in [6, 6.07) is 10.9. The molecule has 0 radical (unpaired) electrons. The van der Waals surface area contributed by atoms with Crippen LogP contribution in [-0.2, 0) is 0 Å². The number of nitrogens with zero attached hydrogens (tertiary/aromatic N) is 1. The van der Waals surface area contributed by atoms with Crippen LogP contribution < -0.4 is 4.74 Å². The monoisotopic (exact) mass is 245 g/mol. The van der Waals surface area contributed by atoms with Crippen molar-refractivity contribution in [3.8, 4) is 17.2 Å². The van der Waals surface area contributed by atoms with Crippen LogP contribution in [0, 0.1) is 17.0 Å². The summed E-state index contributed by atoms with van der Waals surface area (Å²) in [7, 11) is 0. The minimum Gasteiger partial charge on any atom is -0.508 e. The van der Waals surface area contributed by atoms with Crippen molar-refractivity contribution in [2.45, 2.75) is 6.92 Å². The fourth-order valence-corrected chi connectivity index (χ4v) is 1.59. The maximum Gasteiger partial charge on any atom is 0.314 e. The molecule has 92 valence electrons. The molecular weight excluding hydrogens is 234 g/mol. The molecule has 2 aromatic carbocycles. The lowest BCUT2D eigenvalue weighted by molar-refractivity contribution is -0.386. The average Bonchev–Trinajstić information content (AvgIpc) is 2.32. The molecule has 2 aromatic rings. The van der Waals surface area contributed by atoms with Gasteiger partial charge in [-0.05, 0) is 37.3 Å². The maximum atomic E-state index is 11.0. The SMILES string of the molecule is Cc1cccc(Oc2ccc(O)cc2)c1[N+](=O)[O-]. The van der Waals surface area contributed by atoms with Crippen LogP contribution in [0.2, 0.25) is 0 Å². The molecule has 0 spiro atoms.